The van der Waals surface area contributed by atoms with Crippen molar-refractivity contribution in [3.63, 3.8) is 0 Å². The molecule has 1 atom stereocenters. The Morgan fingerprint density at radius 1 is 1.16 bits per heavy atom. The third-order valence-corrected chi connectivity index (χ3v) is 7.10. The number of likely N-dealkylation sites (N-methyl/N-ethyl adjacent to an activating group) is 2. The highest BCUT2D eigenvalue weighted by molar-refractivity contribution is 6.15. The van der Waals surface area contributed by atoms with Gasteiger partial charge in [-0.25, -0.2) is 4.79 Å². The number of nitriles is 1. The van der Waals surface area contributed by atoms with Crippen LogP contribution in [0.15, 0.2) is 24.3 Å². The Bertz CT molecular complexity index is 1030. The summed E-state index contributed by atoms with van der Waals surface area (Å²) in [6.45, 7) is -0.563. The minimum Gasteiger partial charge on any atom is -0.452 e. The minimum atomic E-state index is -1.63. The molecule has 3 amide bonds. The van der Waals surface area contributed by atoms with Gasteiger partial charge in [-0.05, 0) is 25.0 Å². The number of carbonyl (C=O) groups is 4. The first-order valence-electron chi connectivity index (χ1n) is 10.8. The second kappa shape index (κ2) is 7.93. The Hall–Kier alpha value is -3.41. The van der Waals surface area contributed by atoms with E-state index in [-0.39, 0.29) is 18.7 Å². The van der Waals surface area contributed by atoms with Gasteiger partial charge in [-0.2, -0.15) is 5.26 Å². The fraction of sp³-hybridized carbons (Fsp3) is 0.522. The maximum atomic E-state index is 13.3. The summed E-state index contributed by atoms with van der Waals surface area (Å²) in [5.74, 6) is -2.00. The van der Waals surface area contributed by atoms with Crippen LogP contribution < -0.4 is 4.90 Å². The van der Waals surface area contributed by atoms with Crippen molar-refractivity contribution in [2.45, 2.75) is 56.1 Å². The lowest BCUT2D eigenvalue weighted by molar-refractivity contribution is -0.162. The molecule has 9 nitrogen and oxygen atoms in total. The zero-order valence-corrected chi connectivity index (χ0v) is 18.3. The van der Waals surface area contributed by atoms with Gasteiger partial charge in [-0.15, -0.1) is 0 Å². The van der Waals surface area contributed by atoms with E-state index in [0.717, 1.165) is 19.3 Å². The maximum absolute atomic E-state index is 13.3. The van der Waals surface area contributed by atoms with Crippen molar-refractivity contribution in [1.82, 2.24) is 9.80 Å². The first-order chi connectivity index (χ1) is 15.3. The van der Waals surface area contributed by atoms with Crippen molar-refractivity contribution in [2.24, 2.45) is 0 Å². The van der Waals surface area contributed by atoms with Crippen molar-refractivity contribution in [3.05, 3.63) is 29.8 Å². The van der Waals surface area contributed by atoms with Crippen LogP contribution in [0.4, 0.5) is 5.69 Å². The van der Waals surface area contributed by atoms with Crippen molar-refractivity contribution < 1.29 is 23.9 Å². The average Bonchev–Trinajstić information content (AvgIpc) is 3.19. The molecular weight excluding hydrogens is 412 g/mol. The van der Waals surface area contributed by atoms with Crippen molar-refractivity contribution >= 4 is 29.4 Å². The number of hydrogen-bond acceptors (Lipinski definition) is 6. The van der Waals surface area contributed by atoms with E-state index in [1.54, 1.807) is 31.3 Å². The van der Waals surface area contributed by atoms with Crippen LogP contribution in [0.25, 0.3) is 0 Å². The van der Waals surface area contributed by atoms with Gasteiger partial charge in [-0.3, -0.25) is 19.3 Å². The van der Waals surface area contributed by atoms with E-state index in [1.165, 1.54) is 21.7 Å². The van der Waals surface area contributed by atoms with Gasteiger partial charge in [-0.1, -0.05) is 31.4 Å². The minimum absolute atomic E-state index is 0.0758. The molecule has 0 unspecified atom stereocenters. The van der Waals surface area contributed by atoms with Gasteiger partial charge in [0.2, 0.25) is 11.6 Å². The van der Waals surface area contributed by atoms with E-state index in [0.29, 0.717) is 24.1 Å². The van der Waals surface area contributed by atoms with Gasteiger partial charge in [0.1, 0.15) is 5.54 Å². The van der Waals surface area contributed by atoms with Crippen LogP contribution in [0.1, 0.15) is 55.3 Å². The zero-order valence-electron chi connectivity index (χ0n) is 18.3. The molecule has 1 aromatic rings. The van der Waals surface area contributed by atoms with E-state index in [4.69, 9.17) is 4.74 Å². The van der Waals surface area contributed by atoms with E-state index in [2.05, 4.69) is 6.07 Å². The fourth-order valence-electron chi connectivity index (χ4n) is 5.13. The molecular formula is C23H26N4O5. The number of nitrogens with zero attached hydrogens (tertiary/aromatic N) is 4. The molecule has 1 aliphatic carbocycles. The van der Waals surface area contributed by atoms with Crippen LogP contribution in [-0.4, -0.2) is 65.4 Å². The largest absolute Gasteiger partial charge is 0.452 e. The normalized spacial score (nSPS) is 23.8. The smallest absolute Gasteiger partial charge is 0.354 e. The topological polar surface area (TPSA) is 111 Å². The summed E-state index contributed by atoms with van der Waals surface area (Å²) in [6.07, 6.45) is 4.06. The first kappa shape index (κ1) is 21.8. The number of ether oxygens (including phenoxy) is 1. The average molecular weight is 438 g/mol. The number of fused-ring (bicyclic) bond motifs is 3. The van der Waals surface area contributed by atoms with Crippen LogP contribution in [0.2, 0.25) is 0 Å². The highest BCUT2D eigenvalue weighted by atomic mass is 16.5. The number of benzene rings is 1. The second-order valence-electron chi connectivity index (χ2n) is 8.66. The third-order valence-electron chi connectivity index (χ3n) is 7.10. The second-order valence-corrected chi connectivity index (χ2v) is 8.66. The maximum Gasteiger partial charge on any atom is 0.354 e. The van der Waals surface area contributed by atoms with E-state index < -0.39 is 35.6 Å². The van der Waals surface area contributed by atoms with Crippen LogP contribution in [0, 0.1) is 11.3 Å². The number of hydrogen-bond donors (Lipinski definition) is 0. The Balaban J connectivity index is 1.56. The predicted octanol–water partition coefficient (Wildman–Crippen LogP) is 1.82. The van der Waals surface area contributed by atoms with Crippen LogP contribution in [-0.2, 0) is 19.1 Å². The zero-order chi connectivity index (χ0) is 23.1. The van der Waals surface area contributed by atoms with Crippen molar-refractivity contribution in [1.29, 1.82) is 5.26 Å². The van der Waals surface area contributed by atoms with E-state index in [1.807, 2.05) is 0 Å². The molecule has 168 valence electrons. The van der Waals surface area contributed by atoms with E-state index >= 15 is 0 Å². The van der Waals surface area contributed by atoms with Gasteiger partial charge in [0, 0.05) is 26.9 Å². The van der Waals surface area contributed by atoms with Gasteiger partial charge in [0.25, 0.3) is 11.8 Å². The Morgan fingerprint density at radius 2 is 1.84 bits per heavy atom. The van der Waals surface area contributed by atoms with Crippen LogP contribution in [0.5, 0.6) is 0 Å². The summed E-state index contributed by atoms with van der Waals surface area (Å²) in [5.41, 5.74) is -1.83. The third kappa shape index (κ3) is 3.05. The molecule has 4 rings (SSSR count). The summed E-state index contributed by atoms with van der Waals surface area (Å²) < 4.78 is 5.40. The molecule has 2 aliphatic heterocycles. The lowest BCUT2D eigenvalue weighted by Gasteiger charge is -2.46. The number of amides is 3. The first-order valence-corrected chi connectivity index (χ1v) is 10.8. The summed E-state index contributed by atoms with van der Waals surface area (Å²) in [4.78, 5) is 55.8. The van der Waals surface area contributed by atoms with Crippen molar-refractivity contribution in [3.8, 4) is 6.07 Å². The SMILES string of the molecule is CN(C(=O)COC(=O)[C@]12CCC(=O)N1c1ccccc1C(=O)N2C)C1(C#N)CCCCC1. The Morgan fingerprint density at radius 3 is 2.53 bits per heavy atom. The molecule has 0 aromatic heterocycles. The summed E-state index contributed by atoms with van der Waals surface area (Å²) in [6, 6.07) is 8.91. The number of rotatable bonds is 4. The number of para-hydroxylation sites is 1. The van der Waals surface area contributed by atoms with Gasteiger partial charge in [0.15, 0.2) is 6.61 Å². The van der Waals surface area contributed by atoms with Gasteiger partial charge >= 0.3 is 5.97 Å². The fourth-order valence-corrected chi connectivity index (χ4v) is 5.13. The molecule has 0 radical (unpaired) electrons. The standard InChI is InChI=1S/C23H26N4O5/c1-25(22(15-24)11-6-3-7-12-22)19(29)14-32-21(31)23-13-10-18(28)27(23)17-9-5-4-8-16(17)20(30)26(23)2/h4-5,8-9H,3,6-7,10-14H2,1-2H3/t23-/m0/s1. The monoisotopic (exact) mass is 438 g/mol. The molecule has 2 fully saturated rings. The molecule has 1 saturated carbocycles. The Kier molecular flexibility index (Phi) is 5.41. The van der Waals surface area contributed by atoms with E-state index in [9.17, 15) is 24.4 Å². The highest BCUT2D eigenvalue weighted by Crippen LogP contribution is 2.44. The summed E-state index contributed by atoms with van der Waals surface area (Å²) in [7, 11) is 3.02. The van der Waals surface area contributed by atoms with Gasteiger partial charge in [0.05, 0.1) is 17.3 Å². The number of anilines is 1. The number of carbonyl (C=O) groups excluding carboxylic acids is 4. The molecule has 32 heavy (non-hydrogen) atoms. The molecule has 0 N–H and O–H groups in total. The summed E-state index contributed by atoms with van der Waals surface area (Å²) >= 11 is 0. The van der Waals surface area contributed by atoms with Gasteiger partial charge < -0.3 is 14.5 Å². The quantitative estimate of drug-likeness (QED) is 0.663. The lowest BCUT2D eigenvalue weighted by Crippen LogP contribution is -2.67. The number of esters is 1. The molecule has 1 saturated heterocycles. The van der Waals surface area contributed by atoms with Crippen molar-refractivity contribution in [2.75, 3.05) is 25.6 Å². The predicted molar refractivity (Wildman–Crippen MR) is 113 cm³/mol. The summed E-state index contributed by atoms with van der Waals surface area (Å²) in [5, 5.41) is 9.71. The molecule has 0 spiro atoms. The molecule has 3 aliphatic rings. The highest BCUT2D eigenvalue weighted by Gasteiger charge is 2.61. The molecule has 0 bridgehead atoms. The molecule has 1 aromatic carbocycles. The molecule has 9 heteroatoms. The lowest BCUT2D eigenvalue weighted by atomic mass is 9.81. The molecule has 2 heterocycles. The van der Waals surface area contributed by atoms with Crippen LogP contribution >= 0.6 is 0 Å². The van der Waals surface area contributed by atoms with Crippen LogP contribution in [0.3, 0.4) is 0 Å². The Labute approximate surface area is 186 Å².